The molecular weight excluding hydrogens is 541 g/mol. The van der Waals surface area contributed by atoms with Gasteiger partial charge in [-0.25, -0.2) is 0 Å². The van der Waals surface area contributed by atoms with Gasteiger partial charge in [0.25, 0.3) is 0 Å². The molecule has 1 amide bonds. The Balaban J connectivity index is 0.00000363. The monoisotopic (exact) mass is 571 g/mol. The van der Waals surface area contributed by atoms with Gasteiger partial charge in [0, 0.05) is 37.7 Å². The lowest BCUT2D eigenvalue weighted by molar-refractivity contribution is -0.119. The minimum absolute atomic E-state index is 0. The van der Waals surface area contributed by atoms with Crippen LogP contribution in [0, 0.1) is 0 Å². The van der Waals surface area contributed by atoms with Crippen molar-refractivity contribution in [3.63, 3.8) is 0 Å². The van der Waals surface area contributed by atoms with Gasteiger partial charge in [-0.15, -0.1) is 24.0 Å². The van der Waals surface area contributed by atoms with Crippen molar-refractivity contribution in [3.05, 3.63) is 59.1 Å². The molecule has 2 aromatic rings. The summed E-state index contributed by atoms with van der Waals surface area (Å²) in [5.41, 5.74) is 2.19. The van der Waals surface area contributed by atoms with Crippen molar-refractivity contribution in [1.82, 2.24) is 16.0 Å². The van der Waals surface area contributed by atoms with Crippen LogP contribution in [0.2, 0.25) is 5.02 Å². The van der Waals surface area contributed by atoms with Gasteiger partial charge >= 0.3 is 0 Å². The Morgan fingerprint density at radius 3 is 2.72 bits per heavy atom. The molecule has 9 heteroatoms. The summed E-state index contributed by atoms with van der Waals surface area (Å²) >= 11 is 6.17. The summed E-state index contributed by atoms with van der Waals surface area (Å²) < 4.78 is 5.47. The van der Waals surface area contributed by atoms with Gasteiger partial charge in [-0.2, -0.15) is 0 Å². The quantitative estimate of drug-likeness (QED) is 0.258. The van der Waals surface area contributed by atoms with Gasteiger partial charge < -0.3 is 25.6 Å². The van der Waals surface area contributed by atoms with E-state index in [0.717, 1.165) is 37.4 Å². The maximum atomic E-state index is 12.1. The predicted molar refractivity (Wildman–Crippen MR) is 142 cm³/mol. The summed E-state index contributed by atoms with van der Waals surface area (Å²) in [6.45, 7) is 2.45. The molecule has 1 saturated heterocycles. The molecule has 174 valence electrons. The average molecular weight is 572 g/mol. The van der Waals surface area contributed by atoms with E-state index in [0.29, 0.717) is 17.5 Å². The first kappa shape index (κ1) is 26.1. The van der Waals surface area contributed by atoms with Crippen molar-refractivity contribution >= 4 is 53.1 Å². The number of hydrogen-bond acceptors (Lipinski definition) is 4. The topological polar surface area (TPSA) is 78.0 Å². The van der Waals surface area contributed by atoms with E-state index in [2.05, 4.69) is 38.0 Å². The number of ether oxygens (including phenoxy) is 1. The van der Waals surface area contributed by atoms with E-state index in [9.17, 15) is 4.79 Å². The third-order valence-corrected chi connectivity index (χ3v) is 5.46. The van der Waals surface area contributed by atoms with E-state index in [4.69, 9.17) is 16.3 Å². The van der Waals surface area contributed by atoms with Crippen LogP contribution in [0.15, 0.2) is 53.5 Å². The number of benzene rings is 2. The second-order valence-electron chi connectivity index (χ2n) is 7.40. The number of anilines is 1. The minimum Gasteiger partial charge on any atom is -0.495 e. The fourth-order valence-electron chi connectivity index (χ4n) is 3.61. The lowest BCUT2D eigenvalue weighted by atomic mass is 10.1. The summed E-state index contributed by atoms with van der Waals surface area (Å²) in [6.07, 6.45) is 1.75. The highest BCUT2D eigenvalue weighted by Gasteiger charge is 2.25. The number of guanidine groups is 1. The molecule has 0 aromatic heterocycles. The molecule has 1 atom stereocenters. The van der Waals surface area contributed by atoms with E-state index < -0.39 is 0 Å². The van der Waals surface area contributed by atoms with Crippen LogP contribution in [-0.2, 0) is 11.2 Å². The van der Waals surface area contributed by atoms with Gasteiger partial charge in [-0.1, -0.05) is 41.9 Å². The first-order chi connectivity index (χ1) is 15.1. The number of nitrogens with zero attached hydrogens (tertiary/aromatic N) is 2. The van der Waals surface area contributed by atoms with Crippen molar-refractivity contribution < 1.29 is 9.53 Å². The lowest BCUT2D eigenvalue weighted by Crippen LogP contribution is -2.47. The highest BCUT2D eigenvalue weighted by atomic mass is 127. The van der Waals surface area contributed by atoms with E-state index in [1.54, 1.807) is 14.2 Å². The zero-order valence-electron chi connectivity index (χ0n) is 18.4. The maximum Gasteiger partial charge on any atom is 0.239 e. The number of aliphatic imine (C=N–C) groups is 1. The molecule has 1 fully saturated rings. The van der Waals surface area contributed by atoms with Crippen molar-refractivity contribution in [2.24, 2.45) is 4.99 Å². The fourth-order valence-corrected chi connectivity index (χ4v) is 3.78. The smallest absolute Gasteiger partial charge is 0.239 e. The second-order valence-corrected chi connectivity index (χ2v) is 7.84. The van der Waals surface area contributed by atoms with Crippen LogP contribution in [0.25, 0.3) is 0 Å². The number of carbonyl (C=O) groups is 1. The van der Waals surface area contributed by atoms with Gasteiger partial charge in [-0.05, 0) is 36.6 Å². The highest BCUT2D eigenvalue weighted by molar-refractivity contribution is 14.0. The molecule has 3 rings (SSSR count). The second kappa shape index (κ2) is 13.4. The van der Waals surface area contributed by atoms with Gasteiger partial charge in [0.15, 0.2) is 5.96 Å². The molecule has 32 heavy (non-hydrogen) atoms. The van der Waals surface area contributed by atoms with E-state index in [-0.39, 0.29) is 42.5 Å². The molecular formula is C23H31ClIN5O2. The summed E-state index contributed by atoms with van der Waals surface area (Å²) in [7, 11) is 3.37. The molecule has 7 nitrogen and oxygen atoms in total. The molecule has 1 unspecified atom stereocenters. The Morgan fingerprint density at radius 2 is 2.00 bits per heavy atom. The number of methoxy groups -OCH3 is 1. The number of rotatable bonds is 8. The molecule has 0 aliphatic carbocycles. The Morgan fingerprint density at radius 1 is 1.22 bits per heavy atom. The van der Waals surface area contributed by atoms with E-state index in [1.807, 2.05) is 36.4 Å². The number of halogens is 2. The standard InChI is InChI=1S/C23H30ClN5O2.HI/c1-25-23(27-15-22(30)26-12-10-17-6-4-3-5-7-17)28-19-11-13-29(16-19)20-14-18(24)8-9-21(20)31-2;/h3-9,14,19H,10-13,15-16H2,1-2H3,(H,26,30)(H2,25,27,28);1H. The van der Waals surface area contributed by atoms with Crippen molar-refractivity contribution in [2.75, 3.05) is 45.2 Å². The molecule has 0 bridgehead atoms. The number of carbonyl (C=O) groups excluding carboxylic acids is 1. The highest BCUT2D eigenvalue weighted by Crippen LogP contribution is 2.33. The average Bonchev–Trinajstić information content (AvgIpc) is 3.25. The first-order valence-electron chi connectivity index (χ1n) is 10.5. The van der Waals surface area contributed by atoms with Gasteiger partial charge in [0.1, 0.15) is 5.75 Å². The van der Waals surface area contributed by atoms with Crippen LogP contribution in [0.4, 0.5) is 5.69 Å². The van der Waals surface area contributed by atoms with E-state index >= 15 is 0 Å². The summed E-state index contributed by atoms with van der Waals surface area (Å²) in [5.74, 6) is 1.36. The van der Waals surface area contributed by atoms with Crippen LogP contribution < -0.4 is 25.6 Å². The molecule has 0 spiro atoms. The van der Waals surface area contributed by atoms with E-state index in [1.165, 1.54) is 5.56 Å². The molecule has 2 aromatic carbocycles. The Kier molecular flexibility index (Phi) is 10.9. The third kappa shape index (κ3) is 7.74. The van der Waals surface area contributed by atoms with Crippen molar-refractivity contribution in [2.45, 2.75) is 18.9 Å². The number of nitrogens with one attached hydrogen (secondary N) is 3. The van der Waals surface area contributed by atoms with Crippen LogP contribution >= 0.6 is 35.6 Å². The summed E-state index contributed by atoms with van der Waals surface area (Å²) in [6, 6.07) is 15.9. The number of hydrogen-bond donors (Lipinski definition) is 3. The minimum atomic E-state index is -0.0596. The normalized spacial score (nSPS) is 15.7. The van der Waals surface area contributed by atoms with Crippen LogP contribution in [0.3, 0.4) is 0 Å². The first-order valence-corrected chi connectivity index (χ1v) is 10.8. The Bertz CT molecular complexity index is 897. The molecule has 1 aliphatic heterocycles. The predicted octanol–water partition coefficient (Wildman–Crippen LogP) is 3.07. The van der Waals surface area contributed by atoms with Crippen LogP contribution in [0.1, 0.15) is 12.0 Å². The fraction of sp³-hybridized carbons (Fsp3) is 0.391. The SMILES string of the molecule is CN=C(NCC(=O)NCCc1ccccc1)NC1CCN(c2cc(Cl)ccc2OC)C1.I. The summed E-state index contributed by atoms with van der Waals surface area (Å²) in [4.78, 5) is 18.6. The number of amides is 1. The lowest BCUT2D eigenvalue weighted by Gasteiger charge is -2.22. The zero-order valence-corrected chi connectivity index (χ0v) is 21.5. The van der Waals surface area contributed by atoms with Gasteiger partial charge in [0.05, 0.1) is 19.3 Å². The van der Waals surface area contributed by atoms with Crippen LogP contribution in [-0.4, -0.2) is 58.2 Å². The zero-order chi connectivity index (χ0) is 22.1. The molecule has 1 heterocycles. The largest absolute Gasteiger partial charge is 0.495 e. The molecule has 1 aliphatic rings. The molecule has 0 radical (unpaired) electrons. The van der Waals surface area contributed by atoms with Crippen LogP contribution in [0.5, 0.6) is 5.75 Å². The van der Waals surface area contributed by atoms with Crippen molar-refractivity contribution in [1.29, 1.82) is 0 Å². The summed E-state index contributed by atoms with van der Waals surface area (Å²) in [5, 5.41) is 10.1. The Labute approximate surface area is 212 Å². The Hall–Kier alpha value is -2.20. The molecule has 3 N–H and O–H groups in total. The molecule has 0 saturated carbocycles. The van der Waals surface area contributed by atoms with Gasteiger partial charge in [-0.3, -0.25) is 9.79 Å². The maximum absolute atomic E-state index is 12.1. The van der Waals surface area contributed by atoms with Gasteiger partial charge in [0.2, 0.25) is 5.91 Å². The third-order valence-electron chi connectivity index (χ3n) is 5.23. The van der Waals surface area contributed by atoms with Crippen molar-refractivity contribution in [3.8, 4) is 5.75 Å².